The summed E-state index contributed by atoms with van der Waals surface area (Å²) >= 11 is 1.45. The molecule has 0 bridgehead atoms. The predicted molar refractivity (Wildman–Crippen MR) is 118 cm³/mol. The van der Waals surface area contributed by atoms with Crippen LogP contribution >= 0.6 is 11.5 Å². The Balaban J connectivity index is 1.40. The van der Waals surface area contributed by atoms with Crippen molar-refractivity contribution in [3.8, 4) is 0 Å². The lowest BCUT2D eigenvalue weighted by Gasteiger charge is -2.39. The summed E-state index contributed by atoms with van der Waals surface area (Å²) < 4.78 is 4.55. The number of anilines is 1. The normalized spacial score (nSPS) is 16.9. The van der Waals surface area contributed by atoms with Crippen LogP contribution < -0.4 is 4.90 Å². The van der Waals surface area contributed by atoms with E-state index in [1.54, 1.807) is 0 Å². The first-order valence-electron chi connectivity index (χ1n) is 10.0. The third kappa shape index (κ3) is 4.48. The predicted octanol–water partition coefficient (Wildman–Crippen LogP) is 4.10. The Labute approximate surface area is 176 Å². The number of nitrogens with zero attached hydrogens (tertiary/aromatic N) is 4. The van der Waals surface area contributed by atoms with Crippen molar-refractivity contribution in [2.24, 2.45) is 0 Å². The lowest BCUT2D eigenvalue weighted by molar-refractivity contribution is 0.0674. The second-order valence-electron chi connectivity index (χ2n) is 7.82. The molecule has 5 nitrogen and oxygen atoms in total. The van der Waals surface area contributed by atoms with E-state index in [1.807, 2.05) is 36.1 Å². The number of rotatable bonds is 4. The number of aromatic nitrogens is 2. The Bertz CT molecular complexity index is 998. The summed E-state index contributed by atoms with van der Waals surface area (Å²) in [4.78, 5) is 21.9. The largest absolute Gasteiger partial charge is 0.343 e. The van der Waals surface area contributed by atoms with E-state index in [0.717, 1.165) is 41.6 Å². The zero-order valence-corrected chi connectivity index (χ0v) is 17.9. The topological polar surface area (TPSA) is 49.3 Å². The fourth-order valence-electron chi connectivity index (χ4n) is 3.71. The lowest BCUT2D eigenvalue weighted by Crippen LogP contribution is -2.54. The van der Waals surface area contributed by atoms with Crippen LogP contribution in [0.5, 0.6) is 0 Å². The molecule has 1 atom stereocenters. The zero-order valence-electron chi connectivity index (χ0n) is 17.1. The highest BCUT2D eigenvalue weighted by Gasteiger charge is 2.29. The minimum absolute atomic E-state index is 0.109. The molecule has 1 amide bonds. The van der Waals surface area contributed by atoms with Crippen molar-refractivity contribution in [3.05, 3.63) is 76.6 Å². The Kier molecular flexibility index (Phi) is 5.62. The van der Waals surface area contributed by atoms with Crippen LogP contribution in [0.15, 0.2) is 48.5 Å². The van der Waals surface area contributed by atoms with Crippen LogP contribution in [0.2, 0.25) is 0 Å². The molecule has 3 aromatic rings. The van der Waals surface area contributed by atoms with E-state index in [0.29, 0.717) is 6.54 Å². The van der Waals surface area contributed by atoms with Gasteiger partial charge in [-0.1, -0.05) is 47.5 Å². The van der Waals surface area contributed by atoms with Gasteiger partial charge in [0.2, 0.25) is 5.13 Å². The molecule has 2 heterocycles. The molecule has 1 unspecified atom stereocenters. The van der Waals surface area contributed by atoms with Crippen LogP contribution in [0, 0.1) is 13.8 Å². The minimum atomic E-state index is 0.109. The second kappa shape index (κ2) is 8.33. The zero-order chi connectivity index (χ0) is 20.4. The molecule has 1 aromatic heterocycles. The SMILES string of the molecule is Cc1ccc(Cc2nsc(N3CCN(C(=O)c4cccc(C)c4)C(C)C3)n2)cc1. The summed E-state index contributed by atoms with van der Waals surface area (Å²) in [7, 11) is 0. The number of carbonyl (C=O) groups is 1. The van der Waals surface area contributed by atoms with Gasteiger partial charge in [-0.15, -0.1) is 0 Å². The van der Waals surface area contributed by atoms with Gasteiger partial charge in [0.15, 0.2) is 0 Å². The summed E-state index contributed by atoms with van der Waals surface area (Å²) in [5, 5.41) is 0.946. The highest BCUT2D eigenvalue weighted by molar-refractivity contribution is 7.09. The van der Waals surface area contributed by atoms with Gasteiger partial charge in [0.25, 0.3) is 5.91 Å². The number of aryl methyl sites for hydroxylation is 2. The Morgan fingerprint density at radius 3 is 2.62 bits per heavy atom. The fourth-order valence-corrected chi connectivity index (χ4v) is 4.43. The first-order chi connectivity index (χ1) is 14.0. The molecule has 0 aliphatic carbocycles. The van der Waals surface area contributed by atoms with Crippen molar-refractivity contribution in [1.82, 2.24) is 14.3 Å². The van der Waals surface area contributed by atoms with E-state index in [-0.39, 0.29) is 11.9 Å². The molecular formula is C23H26N4OS. The third-order valence-electron chi connectivity index (χ3n) is 5.36. The minimum Gasteiger partial charge on any atom is -0.343 e. The second-order valence-corrected chi connectivity index (χ2v) is 8.55. The standard InChI is InChI=1S/C23H26N4OS/c1-16-7-9-19(10-8-16)14-21-24-23(29-25-21)26-11-12-27(18(3)15-26)22(28)20-6-4-5-17(2)13-20/h4-10,13,18H,11-12,14-15H2,1-3H3. The summed E-state index contributed by atoms with van der Waals surface area (Å²) in [6.07, 6.45) is 0.748. The van der Waals surface area contributed by atoms with Gasteiger partial charge >= 0.3 is 0 Å². The Morgan fingerprint density at radius 1 is 1.10 bits per heavy atom. The maximum atomic E-state index is 12.9. The van der Waals surface area contributed by atoms with Gasteiger partial charge in [-0.3, -0.25) is 4.79 Å². The molecule has 1 aliphatic rings. The van der Waals surface area contributed by atoms with Gasteiger partial charge in [0.1, 0.15) is 5.82 Å². The van der Waals surface area contributed by atoms with E-state index in [1.165, 1.54) is 22.7 Å². The average molecular weight is 407 g/mol. The molecule has 0 N–H and O–H groups in total. The summed E-state index contributed by atoms with van der Waals surface area (Å²) in [6, 6.07) is 16.5. The highest BCUT2D eigenvalue weighted by atomic mass is 32.1. The van der Waals surface area contributed by atoms with Crippen LogP contribution in [0.4, 0.5) is 5.13 Å². The van der Waals surface area contributed by atoms with Gasteiger partial charge in [0.05, 0.1) is 0 Å². The molecule has 0 radical (unpaired) electrons. The Morgan fingerprint density at radius 2 is 1.90 bits per heavy atom. The molecule has 1 fully saturated rings. The summed E-state index contributed by atoms with van der Waals surface area (Å²) in [5.74, 6) is 0.970. The molecular weight excluding hydrogens is 380 g/mol. The Hall–Kier alpha value is -2.73. The number of amides is 1. The van der Waals surface area contributed by atoms with Gasteiger partial charge < -0.3 is 9.80 Å². The van der Waals surface area contributed by atoms with Gasteiger partial charge in [-0.25, -0.2) is 4.98 Å². The smallest absolute Gasteiger partial charge is 0.254 e. The van der Waals surface area contributed by atoms with Crippen LogP contribution in [0.3, 0.4) is 0 Å². The quantitative estimate of drug-likeness (QED) is 0.655. The number of carbonyl (C=O) groups excluding carboxylic acids is 1. The van der Waals surface area contributed by atoms with Gasteiger partial charge in [-0.2, -0.15) is 4.37 Å². The average Bonchev–Trinajstić information content (AvgIpc) is 3.18. The summed E-state index contributed by atoms with van der Waals surface area (Å²) in [6.45, 7) is 8.46. The maximum Gasteiger partial charge on any atom is 0.254 e. The maximum absolute atomic E-state index is 12.9. The van der Waals surface area contributed by atoms with E-state index in [4.69, 9.17) is 4.98 Å². The van der Waals surface area contributed by atoms with Crippen LogP contribution in [-0.2, 0) is 6.42 Å². The van der Waals surface area contributed by atoms with Crippen LogP contribution in [0.1, 0.15) is 39.8 Å². The van der Waals surface area contributed by atoms with Crippen LogP contribution in [-0.4, -0.2) is 45.8 Å². The molecule has 150 valence electrons. The van der Waals surface area contributed by atoms with Crippen molar-refractivity contribution >= 4 is 22.6 Å². The van der Waals surface area contributed by atoms with E-state index >= 15 is 0 Å². The van der Waals surface area contributed by atoms with E-state index in [9.17, 15) is 4.79 Å². The monoisotopic (exact) mass is 406 g/mol. The van der Waals surface area contributed by atoms with Crippen molar-refractivity contribution < 1.29 is 4.79 Å². The van der Waals surface area contributed by atoms with Crippen LogP contribution in [0.25, 0.3) is 0 Å². The lowest BCUT2D eigenvalue weighted by atomic mass is 10.1. The molecule has 0 spiro atoms. The number of piperazine rings is 1. The number of hydrogen-bond donors (Lipinski definition) is 0. The molecule has 1 saturated heterocycles. The number of benzene rings is 2. The van der Waals surface area contributed by atoms with E-state index in [2.05, 4.69) is 47.4 Å². The molecule has 29 heavy (non-hydrogen) atoms. The first kappa shape index (κ1) is 19.6. The molecule has 6 heteroatoms. The van der Waals surface area contributed by atoms with E-state index < -0.39 is 0 Å². The van der Waals surface area contributed by atoms with Crippen molar-refractivity contribution in [2.75, 3.05) is 24.5 Å². The van der Waals surface area contributed by atoms with Gasteiger partial charge in [-0.05, 0) is 38.5 Å². The van der Waals surface area contributed by atoms with Crippen molar-refractivity contribution in [3.63, 3.8) is 0 Å². The number of hydrogen-bond acceptors (Lipinski definition) is 5. The molecule has 4 rings (SSSR count). The highest BCUT2D eigenvalue weighted by Crippen LogP contribution is 2.23. The molecule has 2 aromatic carbocycles. The molecule has 1 aliphatic heterocycles. The van der Waals surface area contributed by atoms with Crippen molar-refractivity contribution in [2.45, 2.75) is 33.2 Å². The third-order valence-corrected chi connectivity index (χ3v) is 6.18. The fraction of sp³-hybridized carbons (Fsp3) is 0.348. The van der Waals surface area contributed by atoms with Crippen molar-refractivity contribution in [1.29, 1.82) is 0 Å². The molecule has 0 saturated carbocycles. The van der Waals surface area contributed by atoms with Gasteiger partial charge in [0, 0.05) is 49.2 Å². The summed E-state index contributed by atoms with van der Waals surface area (Å²) in [5.41, 5.74) is 4.35. The first-order valence-corrected chi connectivity index (χ1v) is 10.8.